The molecular formula is C19H24N4O2S. The van der Waals surface area contributed by atoms with Crippen LogP contribution in [-0.4, -0.2) is 41.6 Å². The van der Waals surface area contributed by atoms with Crippen LogP contribution in [0.15, 0.2) is 24.5 Å². The topological polar surface area (TPSA) is 67.3 Å². The van der Waals surface area contributed by atoms with Crippen LogP contribution in [0.5, 0.6) is 0 Å². The highest BCUT2D eigenvalue weighted by atomic mass is 32.1. The summed E-state index contributed by atoms with van der Waals surface area (Å²) in [6.45, 7) is 6.40. The first-order chi connectivity index (χ1) is 12.6. The summed E-state index contributed by atoms with van der Waals surface area (Å²) in [6.07, 6.45) is 6.23. The molecule has 1 spiro atoms. The molecular weight excluding hydrogens is 348 g/mol. The Kier molecular flexibility index (Phi) is 4.67. The molecule has 4 heterocycles. The second-order valence-electron chi connectivity index (χ2n) is 7.20. The highest BCUT2D eigenvalue weighted by molar-refractivity contribution is 7.14. The molecule has 0 bridgehead atoms. The molecule has 0 aromatic carbocycles. The first-order valence-electron chi connectivity index (χ1n) is 9.17. The number of piperidine rings is 1. The lowest BCUT2D eigenvalue weighted by Crippen LogP contribution is -2.46. The maximum atomic E-state index is 12.4. The Morgan fingerprint density at radius 2 is 2.04 bits per heavy atom. The zero-order valence-corrected chi connectivity index (χ0v) is 16.0. The van der Waals surface area contributed by atoms with E-state index < -0.39 is 0 Å². The SMILES string of the molecule is CC(C)NC(=O)c1cc2c(s1)CCOC21CCN(c2ncccn2)CC1. The molecule has 1 fully saturated rings. The van der Waals surface area contributed by atoms with Crippen LogP contribution in [0.3, 0.4) is 0 Å². The molecule has 7 heteroatoms. The van der Waals surface area contributed by atoms with Gasteiger partial charge in [-0.2, -0.15) is 0 Å². The number of ether oxygens (including phenoxy) is 1. The van der Waals surface area contributed by atoms with Gasteiger partial charge in [0.05, 0.1) is 17.1 Å². The van der Waals surface area contributed by atoms with Gasteiger partial charge in [0.15, 0.2) is 0 Å². The number of amides is 1. The van der Waals surface area contributed by atoms with Crippen molar-refractivity contribution in [3.8, 4) is 0 Å². The zero-order chi connectivity index (χ0) is 18.1. The lowest BCUT2D eigenvalue weighted by molar-refractivity contribution is -0.0758. The molecule has 0 unspecified atom stereocenters. The van der Waals surface area contributed by atoms with E-state index in [0.717, 1.165) is 49.8 Å². The summed E-state index contributed by atoms with van der Waals surface area (Å²) in [5.74, 6) is 0.797. The summed E-state index contributed by atoms with van der Waals surface area (Å²) in [5, 5.41) is 2.99. The lowest BCUT2D eigenvalue weighted by Gasteiger charge is -2.44. The van der Waals surface area contributed by atoms with Crippen LogP contribution in [-0.2, 0) is 16.8 Å². The number of carbonyl (C=O) groups excluding carboxylic acids is 1. The van der Waals surface area contributed by atoms with Gasteiger partial charge in [0.1, 0.15) is 0 Å². The number of rotatable bonds is 3. The Balaban J connectivity index is 1.55. The molecule has 2 aliphatic heterocycles. The second kappa shape index (κ2) is 6.96. The molecule has 1 N–H and O–H groups in total. The van der Waals surface area contributed by atoms with E-state index >= 15 is 0 Å². The van der Waals surface area contributed by atoms with Crippen LogP contribution in [0.2, 0.25) is 0 Å². The van der Waals surface area contributed by atoms with E-state index in [0.29, 0.717) is 0 Å². The van der Waals surface area contributed by atoms with Crippen molar-refractivity contribution in [3.63, 3.8) is 0 Å². The predicted molar refractivity (Wildman–Crippen MR) is 102 cm³/mol. The Hall–Kier alpha value is -1.99. The minimum Gasteiger partial charge on any atom is -0.370 e. The fourth-order valence-electron chi connectivity index (χ4n) is 3.80. The molecule has 1 amide bonds. The largest absolute Gasteiger partial charge is 0.370 e. The Labute approximate surface area is 157 Å². The molecule has 1 saturated heterocycles. The zero-order valence-electron chi connectivity index (χ0n) is 15.2. The van der Waals surface area contributed by atoms with Gasteiger partial charge in [-0.1, -0.05) is 0 Å². The number of anilines is 1. The average Bonchev–Trinajstić information content (AvgIpc) is 3.09. The molecule has 2 aromatic rings. The van der Waals surface area contributed by atoms with Gasteiger partial charge in [0.25, 0.3) is 5.91 Å². The summed E-state index contributed by atoms with van der Waals surface area (Å²) in [4.78, 5) is 25.4. The monoisotopic (exact) mass is 372 g/mol. The predicted octanol–water partition coefficient (Wildman–Crippen LogP) is 2.74. The smallest absolute Gasteiger partial charge is 0.261 e. The van der Waals surface area contributed by atoms with Gasteiger partial charge in [-0.15, -0.1) is 11.3 Å². The van der Waals surface area contributed by atoms with Gasteiger partial charge in [0.2, 0.25) is 5.95 Å². The van der Waals surface area contributed by atoms with Crippen LogP contribution in [0, 0.1) is 0 Å². The fourth-order valence-corrected chi connectivity index (χ4v) is 4.93. The number of nitrogens with one attached hydrogen (secondary N) is 1. The third kappa shape index (κ3) is 3.21. The van der Waals surface area contributed by atoms with Crippen LogP contribution in [0.25, 0.3) is 0 Å². The summed E-state index contributed by atoms with van der Waals surface area (Å²) >= 11 is 1.62. The van der Waals surface area contributed by atoms with E-state index in [9.17, 15) is 4.79 Å². The standard InChI is InChI=1S/C19H24N4O2S/c1-13(2)22-17(24)16-12-14-15(26-16)4-11-25-19(14)5-9-23(10-6-19)18-20-7-3-8-21-18/h3,7-8,12-13H,4-6,9-11H2,1-2H3,(H,22,24). The maximum Gasteiger partial charge on any atom is 0.261 e. The molecule has 6 nitrogen and oxygen atoms in total. The Bertz CT molecular complexity index is 782. The van der Waals surface area contributed by atoms with Gasteiger partial charge in [0, 0.05) is 42.8 Å². The number of carbonyl (C=O) groups is 1. The molecule has 0 aliphatic carbocycles. The number of fused-ring (bicyclic) bond motifs is 2. The van der Waals surface area contributed by atoms with Gasteiger partial charge >= 0.3 is 0 Å². The fraction of sp³-hybridized carbons (Fsp3) is 0.526. The van der Waals surface area contributed by atoms with Gasteiger partial charge in [-0.05, 0) is 44.4 Å². The van der Waals surface area contributed by atoms with Crippen LogP contribution < -0.4 is 10.2 Å². The number of nitrogens with zero attached hydrogens (tertiary/aromatic N) is 3. The lowest BCUT2D eigenvalue weighted by atomic mass is 9.82. The molecule has 138 valence electrons. The van der Waals surface area contributed by atoms with Crippen molar-refractivity contribution in [2.75, 3.05) is 24.6 Å². The van der Waals surface area contributed by atoms with Gasteiger partial charge in [-0.25, -0.2) is 9.97 Å². The first kappa shape index (κ1) is 17.4. The van der Waals surface area contributed by atoms with Crippen LogP contribution in [0.4, 0.5) is 5.95 Å². The molecule has 4 rings (SSSR count). The minimum atomic E-state index is -0.272. The van der Waals surface area contributed by atoms with E-state index in [-0.39, 0.29) is 17.6 Å². The summed E-state index contributed by atoms with van der Waals surface area (Å²) in [6, 6.07) is 4.03. The van der Waals surface area contributed by atoms with Gasteiger partial charge in [-0.3, -0.25) is 4.79 Å². The normalized spacial score (nSPS) is 18.8. The van der Waals surface area contributed by atoms with Crippen LogP contribution in [0.1, 0.15) is 46.8 Å². The second-order valence-corrected chi connectivity index (χ2v) is 8.34. The quantitative estimate of drug-likeness (QED) is 0.897. The molecule has 26 heavy (non-hydrogen) atoms. The summed E-state index contributed by atoms with van der Waals surface area (Å²) in [5.41, 5.74) is 0.947. The summed E-state index contributed by atoms with van der Waals surface area (Å²) < 4.78 is 6.30. The van der Waals surface area contributed by atoms with E-state index in [2.05, 4.69) is 26.3 Å². The van der Waals surface area contributed by atoms with E-state index in [4.69, 9.17) is 4.74 Å². The highest BCUT2D eigenvalue weighted by Gasteiger charge is 2.42. The van der Waals surface area contributed by atoms with Crippen molar-refractivity contribution < 1.29 is 9.53 Å². The van der Waals surface area contributed by atoms with E-state index in [1.54, 1.807) is 23.7 Å². The molecule has 2 aliphatic rings. The molecule has 0 atom stereocenters. The minimum absolute atomic E-state index is 0.0182. The number of aromatic nitrogens is 2. The van der Waals surface area contributed by atoms with Crippen molar-refractivity contribution in [3.05, 3.63) is 39.8 Å². The van der Waals surface area contributed by atoms with Crippen molar-refractivity contribution in [2.24, 2.45) is 0 Å². The Morgan fingerprint density at radius 1 is 1.31 bits per heavy atom. The molecule has 0 radical (unpaired) electrons. The van der Waals surface area contributed by atoms with Gasteiger partial charge < -0.3 is 15.0 Å². The number of thiophene rings is 1. The van der Waals surface area contributed by atoms with Crippen LogP contribution >= 0.6 is 11.3 Å². The highest BCUT2D eigenvalue weighted by Crippen LogP contribution is 2.44. The first-order valence-corrected chi connectivity index (χ1v) is 9.99. The third-order valence-corrected chi connectivity index (χ3v) is 6.25. The number of hydrogen-bond acceptors (Lipinski definition) is 6. The Morgan fingerprint density at radius 3 is 2.73 bits per heavy atom. The van der Waals surface area contributed by atoms with Crippen molar-refractivity contribution >= 4 is 23.2 Å². The summed E-state index contributed by atoms with van der Waals surface area (Å²) in [7, 11) is 0. The number of hydrogen-bond donors (Lipinski definition) is 1. The van der Waals surface area contributed by atoms with Crippen molar-refractivity contribution in [2.45, 2.75) is 44.8 Å². The van der Waals surface area contributed by atoms with E-state index in [1.807, 2.05) is 19.9 Å². The van der Waals surface area contributed by atoms with Crippen molar-refractivity contribution in [1.82, 2.24) is 15.3 Å². The molecule has 0 saturated carbocycles. The third-order valence-electron chi connectivity index (χ3n) is 5.06. The average molecular weight is 372 g/mol. The molecule has 2 aromatic heterocycles. The maximum absolute atomic E-state index is 12.4. The van der Waals surface area contributed by atoms with Crippen molar-refractivity contribution in [1.29, 1.82) is 0 Å². The van der Waals surface area contributed by atoms with E-state index in [1.165, 1.54) is 10.4 Å².